The molecule has 0 saturated carbocycles. The van der Waals surface area contributed by atoms with E-state index in [1.54, 1.807) is 6.07 Å². The molecule has 0 aliphatic heterocycles. The molecule has 0 bridgehead atoms. The molecule has 2 aromatic rings. The number of aryl methyl sites for hydroxylation is 1. The van der Waals surface area contributed by atoms with E-state index in [0.29, 0.717) is 44.2 Å². The number of hydrogen-bond donors (Lipinski definition) is 1. The molecule has 0 aliphatic carbocycles. The van der Waals surface area contributed by atoms with Crippen LogP contribution in [0.15, 0.2) is 36.4 Å². The maximum Gasteiger partial charge on any atom is 0.220 e. The molecule has 0 aliphatic rings. The van der Waals surface area contributed by atoms with Crippen LogP contribution in [0.2, 0.25) is 5.02 Å². The van der Waals surface area contributed by atoms with Gasteiger partial charge in [0.05, 0.1) is 19.8 Å². The van der Waals surface area contributed by atoms with Gasteiger partial charge in [-0.05, 0) is 75.1 Å². The normalized spacial score (nSPS) is 10.5. The summed E-state index contributed by atoms with van der Waals surface area (Å²) in [5.74, 6) is 2.32. The Bertz CT molecular complexity index is 794. The van der Waals surface area contributed by atoms with Gasteiger partial charge >= 0.3 is 0 Å². The fourth-order valence-corrected chi connectivity index (χ4v) is 3.10. The van der Waals surface area contributed by atoms with Crippen LogP contribution in [-0.2, 0) is 11.2 Å². The maximum atomic E-state index is 12.0. The third-order valence-electron chi connectivity index (χ3n) is 4.29. The number of carbonyl (C=O) groups is 1. The second kappa shape index (κ2) is 12.2. The van der Waals surface area contributed by atoms with Crippen molar-refractivity contribution in [2.24, 2.45) is 0 Å². The van der Waals surface area contributed by atoms with Crippen LogP contribution in [0.4, 0.5) is 0 Å². The van der Waals surface area contributed by atoms with Crippen molar-refractivity contribution in [2.45, 2.75) is 40.0 Å². The number of rotatable bonds is 12. The van der Waals surface area contributed by atoms with Gasteiger partial charge in [-0.2, -0.15) is 0 Å². The minimum absolute atomic E-state index is 0.0254. The molecule has 2 aromatic carbocycles. The number of carbonyl (C=O) groups excluding carboxylic acids is 1. The average Bonchev–Trinajstić information content (AvgIpc) is 2.69. The van der Waals surface area contributed by atoms with E-state index in [0.717, 1.165) is 34.8 Å². The van der Waals surface area contributed by atoms with E-state index in [1.165, 1.54) is 0 Å². The molecule has 0 fully saturated rings. The molecule has 0 atom stereocenters. The molecule has 29 heavy (non-hydrogen) atoms. The first-order chi connectivity index (χ1) is 14.0. The Morgan fingerprint density at radius 2 is 1.69 bits per heavy atom. The molecule has 1 N–H and O–H groups in total. The SMILES string of the molecule is CCOc1ccc(CCNC(=O)CCCOc2ccc(Cl)cc2C)cc1OCC. The molecule has 0 radical (unpaired) electrons. The number of hydrogen-bond acceptors (Lipinski definition) is 4. The Balaban J connectivity index is 1.69. The van der Waals surface area contributed by atoms with Crippen molar-refractivity contribution < 1.29 is 19.0 Å². The lowest BCUT2D eigenvalue weighted by Crippen LogP contribution is -2.25. The van der Waals surface area contributed by atoms with Gasteiger partial charge in [0, 0.05) is 18.0 Å². The van der Waals surface area contributed by atoms with Gasteiger partial charge in [0.2, 0.25) is 5.91 Å². The van der Waals surface area contributed by atoms with Crippen LogP contribution in [0, 0.1) is 6.92 Å². The summed E-state index contributed by atoms with van der Waals surface area (Å²) in [5.41, 5.74) is 2.09. The summed E-state index contributed by atoms with van der Waals surface area (Å²) in [5, 5.41) is 3.65. The van der Waals surface area contributed by atoms with Gasteiger partial charge in [-0.15, -0.1) is 0 Å². The predicted molar refractivity (Wildman–Crippen MR) is 116 cm³/mol. The second-order valence-electron chi connectivity index (χ2n) is 6.61. The lowest BCUT2D eigenvalue weighted by atomic mass is 10.1. The van der Waals surface area contributed by atoms with E-state index < -0.39 is 0 Å². The van der Waals surface area contributed by atoms with Crippen LogP contribution >= 0.6 is 11.6 Å². The molecule has 0 aromatic heterocycles. The molecule has 2 rings (SSSR count). The molecular formula is C23H30ClNO4. The molecule has 6 heteroatoms. The fraction of sp³-hybridized carbons (Fsp3) is 0.435. The van der Waals surface area contributed by atoms with Crippen LogP contribution in [0.1, 0.15) is 37.8 Å². The Morgan fingerprint density at radius 3 is 2.41 bits per heavy atom. The first-order valence-electron chi connectivity index (χ1n) is 10.1. The highest BCUT2D eigenvalue weighted by atomic mass is 35.5. The van der Waals surface area contributed by atoms with Crippen LogP contribution in [0.5, 0.6) is 17.2 Å². The number of benzene rings is 2. The van der Waals surface area contributed by atoms with E-state index >= 15 is 0 Å². The summed E-state index contributed by atoms with van der Waals surface area (Å²) in [4.78, 5) is 12.0. The Morgan fingerprint density at radius 1 is 0.966 bits per heavy atom. The van der Waals surface area contributed by atoms with Crippen LogP contribution in [0.25, 0.3) is 0 Å². The van der Waals surface area contributed by atoms with Gasteiger partial charge in [0.1, 0.15) is 5.75 Å². The molecule has 1 amide bonds. The third-order valence-corrected chi connectivity index (χ3v) is 4.52. The van der Waals surface area contributed by atoms with Gasteiger partial charge in [-0.3, -0.25) is 4.79 Å². The second-order valence-corrected chi connectivity index (χ2v) is 7.05. The predicted octanol–water partition coefficient (Wildman–Crippen LogP) is 4.96. The minimum atomic E-state index is 0.0254. The number of nitrogens with one attached hydrogen (secondary N) is 1. The Labute approximate surface area is 178 Å². The quantitative estimate of drug-likeness (QED) is 0.494. The summed E-state index contributed by atoms with van der Waals surface area (Å²) in [6.45, 7) is 8.09. The van der Waals surface area contributed by atoms with Crippen molar-refractivity contribution in [2.75, 3.05) is 26.4 Å². The van der Waals surface area contributed by atoms with E-state index in [9.17, 15) is 4.79 Å². The molecular weight excluding hydrogens is 390 g/mol. The topological polar surface area (TPSA) is 56.8 Å². The number of halogens is 1. The number of amides is 1. The zero-order valence-electron chi connectivity index (χ0n) is 17.4. The molecule has 0 spiro atoms. The van der Waals surface area contributed by atoms with Crippen molar-refractivity contribution in [1.82, 2.24) is 5.32 Å². The average molecular weight is 420 g/mol. The zero-order chi connectivity index (χ0) is 21.1. The first kappa shape index (κ1) is 22.9. The van der Waals surface area contributed by atoms with Crippen LogP contribution in [0.3, 0.4) is 0 Å². The molecule has 158 valence electrons. The molecule has 5 nitrogen and oxygen atoms in total. The monoisotopic (exact) mass is 419 g/mol. The summed E-state index contributed by atoms with van der Waals surface area (Å²) in [6.07, 6.45) is 1.82. The van der Waals surface area contributed by atoms with Crippen molar-refractivity contribution >= 4 is 17.5 Å². The Kier molecular flexibility index (Phi) is 9.65. The van der Waals surface area contributed by atoms with Crippen molar-refractivity contribution in [3.63, 3.8) is 0 Å². The van der Waals surface area contributed by atoms with Gasteiger partial charge in [0.25, 0.3) is 0 Å². The van der Waals surface area contributed by atoms with Gasteiger partial charge in [-0.1, -0.05) is 17.7 Å². The zero-order valence-corrected chi connectivity index (χ0v) is 18.2. The van der Waals surface area contributed by atoms with Gasteiger partial charge < -0.3 is 19.5 Å². The summed E-state index contributed by atoms with van der Waals surface area (Å²) >= 11 is 5.94. The molecule has 0 heterocycles. The highest BCUT2D eigenvalue weighted by Crippen LogP contribution is 2.28. The lowest BCUT2D eigenvalue weighted by molar-refractivity contribution is -0.121. The van der Waals surface area contributed by atoms with Crippen molar-refractivity contribution in [3.05, 3.63) is 52.5 Å². The van der Waals surface area contributed by atoms with Gasteiger partial charge in [0.15, 0.2) is 11.5 Å². The fourth-order valence-electron chi connectivity index (χ4n) is 2.88. The van der Waals surface area contributed by atoms with E-state index in [2.05, 4.69) is 5.32 Å². The minimum Gasteiger partial charge on any atom is -0.493 e. The summed E-state index contributed by atoms with van der Waals surface area (Å²) in [6, 6.07) is 11.4. The third kappa shape index (κ3) is 7.86. The van der Waals surface area contributed by atoms with Crippen molar-refractivity contribution in [1.29, 1.82) is 0 Å². The standard InChI is InChI=1S/C23H30ClNO4/c1-4-27-21-10-8-18(16-22(21)28-5-2)12-13-25-23(26)7-6-14-29-20-11-9-19(24)15-17(20)3/h8-11,15-16H,4-7,12-14H2,1-3H3,(H,25,26). The molecule has 0 saturated heterocycles. The highest BCUT2D eigenvalue weighted by Gasteiger charge is 2.07. The lowest BCUT2D eigenvalue weighted by Gasteiger charge is -2.13. The summed E-state index contributed by atoms with van der Waals surface area (Å²) < 4.78 is 16.9. The highest BCUT2D eigenvalue weighted by molar-refractivity contribution is 6.30. The van der Waals surface area contributed by atoms with E-state index in [4.69, 9.17) is 25.8 Å². The van der Waals surface area contributed by atoms with Crippen molar-refractivity contribution in [3.8, 4) is 17.2 Å². The smallest absolute Gasteiger partial charge is 0.220 e. The van der Waals surface area contributed by atoms with Crippen LogP contribution < -0.4 is 19.5 Å². The van der Waals surface area contributed by atoms with E-state index in [1.807, 2.05) is 51.1 Å². The first-order valence-corrected chi connectivity index (χ1v) is 10.5. The Hall–Kier alpha value is -2.40. The number of ether oxygens (including phenoxy) is 3. The summed E-state index contributed by atoms with van der Waals surface area (Å²) in [7, 11) is 0. The molecule has 0 unspecified atom stereocenters. The van der Waals surface area contributed by atoms with E-state index in [-0.39, 0.29) is 5.91 Å². The maximum absolute atomic E-state index is 12.0. The largest absolute Gasteiger partial charge is 0.493 e. The van der Waals surface area contributed by atoms with Crippen LogP contribution in [-0.4, -0.2) is 32.3 Å². The van der Waals surface area contributed by atoms with Gasteiger partial charge in [-0.25, -0.2) is 0 Å².